The van der Waals surface area contributed by atoms with Crippen LogP contribution in [0.3, 0.4) is 0 Å². The molecule has 0 fully saturated rings. The Labute approximate surface area is 78.3 Å². The molecule has 0 spiro atoms. The van der Waals surface area contributed by atoms with Crippen molar-refractivity contribution in [3.63, 3.8) is 0 Å². The molecule has 1 unspecified atom stereocenters. The fraction of sp³-hybridized carbons (Fsp3) is 0.222. The van der Waals surface area contributed by atoms with Crippen molar-refractivity contribution in [2.75, 3.05) is 0 Å². The van der Waals surface area contributed by atoms with Crippen molar-refractivity contribution in [2.24, 2.45) is 0 Å². The van der Waals surface area contributed by atoms with Gasteiger partial charge in [0.15, 0.2) is 5.78 Å². The fourth-order valence-electron chi connectivity index (χ4n) is 1.44. The molecule has 3 heteroatoms. The average molecular weight is 227 g/mol. The molecule has 0 aliphatic heterocycles. The normalized spacial score (nSPS) is 21.1. The van der Waals surface area contributed by atoms with Crippen LogP contribution in [0, 0.1) is 0 Å². The van der Waals surface area contributed by atoms with Gasteiger partial charge in [0.2, 0.25) is 0 Å². The summed E-state index contributed by atoms with van der Waals surface area (Å²) in [5, 5.41) is 9.14. The Morgan fingerprint density at radius 1 is 1.50 bits per heavy atom. The van der Waals surface area contributed by atoms with Crippen molar-refractivity contribution in [1.29, 1.82) is 0 Å². The Hall–Kier alpha value is -0.830. The first-order valence-electron chi connectivity index (χ1n) is 3.68. The standard InChI is InChI=1S/C9H7BrO2/c10-8-4-5-3-6(11)1-2-7(5)9(8)12/h1-3,8,11H,4H2. The van der Waals surface area contributed by atoms with E-state index in [1.165, 1.54) is 0 Å². The van der Waals surface area contributed by atoms with Crippen molar-refractivity contribution in [3.05, 3.63) is 29.3 Å². The van der Waals surface area contributed by atoms with Gasteiger partial charge < -0.3 is 5.11 Å². The molecule has 1 aliphatic carbocycles. The third-order valence-corrected chi connectivity index (χ3v) is 2.78. The number of phenolic OH excluding ortho intramolecular Hbond substituents is 1. The number of carbonyl (C=O) groups excluding carboxylic acids is 1. The first kappa shape index (κ1) is 7.80. The Balaban J connectivity index is 2.54. The van der Waals surface area contributed by atoms with Crippen LogP contribution in [0.1, 0.15) is 15.9 Å². The van der Waals surface area contributed by atoms with Crippen molar-refractivity contribution >= 4 is 21.7 Å². The van der Waals surface area contributed by atoms with Crippen LogP contribution in [0.4, 0.5) is 0 Å². The fourth-order valence-corrected chi connectivity index (χ4v) is 2.04. The summed E-state index contributed by atoms with van der Waals surface area (Å²) in [6, 6.07) is 4.87. The van der Waals surface area contributed by atoms with Crippen LogP contribution >= 0.6 is 15.9 Å². The van der Waals surface area contributed by atoms with Crippen LogP contribution in [-0.2, 0) is 6.42 Å². The number of ketones is 1. The van der Waals surface area contributed by atoms with Crippen LogP contribution in [-0.4, -0.2) is 15.7 Å². The molecule has 1 N–H and O–H groups in total. The van der Waals surface area contributed by atoms with E-state index in [-0.39, 0.29) is 16.4 Å². The van der Waals surface area contributed by atoms with E-state index in [1.54, 1.807) is 18.2 Å². The Bertz CT molecular complexity index is 346. The number of hydrogen-bond acceptors (Lipinski definition) is 2. The SMILES string of the molecule is O=C1c2ccc(O)cc2CC1Br. The quantitative estimate of drug-likeness (QED) is 0.687. The Kier molecular flexibility index (Phi) is 1.68. The molecule has 0 aromatic heterocycles. The predicted molar refractivity (Wildman–Crippen MR) is 48.9 cm³/mol. The molecule has 0 bridgehead atoms. The number of halogens is 1. The molecule has 0 amide bonds. The summed E-state index contributed by atoms with van der Waals surface area (Å²) in [6.45, 7) is 0. The summed E-state index contributed by atoms with van der Waals surface area (Å²) in [4.78, 5) is 11.3. The number of fused-ring (bicyclic) bond motifs is 1. The van der Waals surface area contributed by atoms with E-state index in [0.29, 0.717) is 6.42 Å². The van der Waals surface area contributed by atoms with Gasteiger partial charge in [-0.25, -0.2) is 0 Å². The minimum atomic E-state index is -0.103. The largest absolute Gasteiger partial charge is 0.508 e. The third-order valence-electron chi connectivity index (χ3n) is 2.04. The number of rotatable bonds is 0. The van der Waals surface area contributed by atoms with Crippen molar-refractivity contribution in [1.82, 2.24) is 0 Å². The summed E-state index contributed by atoms with van der Waals surface area (Å²) in [5.74, 6) is 0.341. The lowest BCUT2D eigenvalue weighted by molar-refractivity contribution is 0.100. The molecule has 1 aliphatic rings. The highest BCUT2D eigenvalue weighted by atomic mass is 79.9. The first-order chi connectivity index (χ1) is 5.68. The highest BCUT2D eigenvalue weighted by Gasteiger charge is 2.28. The van der Waals surface area contributed by atoms with Gasteiger partial charge in [-0.1, -0.05) is 15.9 Å². The highest BCUT2D eigenvalue weighted by Crippen LogP contribution is 2.29. The Morgan fingerprint density at radius 3 is 3.00 bits per heavy atom. The van der Waals surface area contributed by atoms with Gasteiger partial charge in [-0.15, -0.1) is 0 Å². The van der Waals surface area contributed by atoms with Crippen LogP contribution < -0.4 is 0 Å². The molecule has 2 nitrogen and oxygen atoms in total. The molecule has 62 valence electrons. The second-order valence-electron chi connectivity index (χ2n) is 2.88. The minimum Gasteiger partial charge on any atom is -0.508 e. The summed E-state index contributed by atoms with van der Waals surface area (Å²) in [5.41, 5.74) is 1.66. The topological polar surface area (TPSA) is 37.3 Å². The van der Waals surface area contributed by atoms with Crippen LogP contribution in [0.15, 0.2) is 18.2 Å². The number of phenols is 1. The Morgan fingerprint density at radius 2 is 2.25 bits per heavy atom. The molecule has 0 saturated carbocycles. The molecule has 2 rings (SSSR count). The smallest absolute Gasteiger partial charge is 0.177 e. The number of carbonyl (C=O) groups is 1. The molecule has 1 atom stereocenters. The zero-order valence-electron chi connectivity index (χ0n) is 6.25. The number of Topliss-reactive ketones (excluding diaryl/α,β-unsaturated/α-hetero) is 1. The lowest BCUT2D eigenvalue weighted by Gasteiger charge is -1.96. The van der Waals surface area contributed by atoms with Gasteiger partial charge in [0.05, 0.1) is 4.83 Å². The van der Waals surface area contributed by atoms with E-state index in [4.69, 9.17) is 5.11 Å². The van der Waals surface area contributed by atoms with Gasteiger partial charge in [-0.2, -0.15) is 0 Å². The second kappa shape index (κ2) is 2.59. The van der Waals surface area contributed by atoms with E-state index in [0.717, 1.165) is 11.1 Å². The number of aromatic hydroxyl groups is 1. The highest BCUT2D eigenvalue weighted by molar-refractivity contribution is 9.10. The van der Waals surface area contributed by atoms with Gasteiger partial charge in [0.1, 0.15) is 5.75 Å². The monoisotopic (exact) mass is 226 g/mol. The minimum absolute atomic E-state index is 0.103. The molecule has 0 radical (unpaired) electrons. The van der Waals surface area contributed by atoms with Gasteiger partial charge in [0.25, 0.3) is 0 Å². The van der Waals surface area contributed by atoms with E-state index >= 15 is 0 Å². The van der Waals surface area contributed by atoms with Crippen LogP contribution in [0.25, 0.3) is 0 Å². The van der Waals surface area contributed by atoms with Gasteiger partial charge >= 0.3 is 0 Å². The molecular formula is C9H7BrO2. The van der Waals surface area contributed by atoms with Gasteiger partial charge in [-0.05, 0) is 30.2 Å². The maximum Gasteiger partial charge on any atom is 0.177 e. The second-order valence-corrected chi connectivity index (χ2v) is 3.98. The first-order valence-corrected chi connectivity index (χ1v) is 4.60. The van der Waals surface area contributed by atoms with E-state index in [1.807, 2.05) is 0 Å². The number of benzene rings is 1. The van der Waals surface area contributed by atoms with Gasteiger partial charge in [-0.3, -0.25) is 4.79 Å². The average Bonchev–Trinajstić information content (AvgIpc) is 2.28. The number of hydrogen-bond donors (Lipinski definition) is 1. The lowest BCUT2D eigenvalue weighted by Crippen LogP contribution is -2.05. The molecule has 0 heterocycles. The zero-order valence-corrected chi connectivity index (χ0v) is 7.84. The van der Waals surface area contributed by atoms with Crippen molar-refractivity contribution in [3.8, 4) is 5.75 Å². The van der Waals surface area contributed by atoms with Crippen LogP contribution in [0.2, 0.25) is 0 Å². The predicted octanol–water partition coefficient (Wildman–Crippen LogP) is 1.89. The summed E-state index contributed by atoms with van der Waals surface area (Å²) >= 11 is 3.28. The van der Waals surface area contributed by atoms with E-state index in [9.17, 15) is 4.79 Å². The third kappa shape index (κ3) is 1.05. The van der Waals surface area contributed by atoms with Crippen molar-refractivity contribution in [2.45, 2.75) is 11.2 Å². The van der Waals surface area contributed by atoms with Gasteiger partial charge in [0, 0.05) is 5.56 Å². The number of alkyl halides is 1. The maximum atomic E-state index is 11.4. The summed E-state index contributed by atoms with van der Waals surface area (Å²) in [7, 11) is 0. The molecular weight excluding hydrogens is 220 g/mol. The zero-order chi connectivity index (χ0) is 8.72. The molecule has 1 aromatic carbocycles. The maximum absolute atomic E-state index is 11.4. The van der Waals surface area contributed by atoms with E-state index < -0.39 is 0 Å². The van der Waals surface area contributed by atoms with E-state index in [2.05, 4.69) is 15.9 Å². The van der Waals surface area contributed by atoms with Crippen molar-refractivity contribution < 1.29 is 9.90 Å². The summed E-state index contributed by atoms with van der Waals surface area (Å²) < 4.78 is 0. The van der Waals surface area contributed by atoms with Crippen LogP contribution in [0.5, 0.6) is 5.75 Å². The molecule has 0 saturated heterocycles. The molecule has 12 heavy (non-hydrogen) atoms. The lowest BCUT2D eigenvalue weighted by atomic mass is 10.1. The summed E-state index contributed by atoms with van der Waals surface area (Å²) in [6.07, 6.45) is 0.683. The molecule has 1 aromatic rings.